The molecule has 2 aromatic rings. The number of nitrogens with one attached hydrogen (secondary N) is 2. The molecule has 6 heteroatoms. The van der Waals surface area contributed by atoms with E-state index in [0.29, 0.717) is 0 Å². The summed E-state index contributed by atoms with van der Waals surface area (Å²) in [6.07, 6.45) is 7.42. The number of anilines is 1. The Morgan fingerprint density at radius 2 is 1.89 bits per heavy atom. The van der Waals surface area contributed by atoms with E-state index in [-0.39, 0.29) is 0 Å². The number of imidazole rings is 1. The molecule has 3 fully saturated rings. The zero-order valence-corrected chi connectivity index (χ0v) is 16.8. The standard InChI is InChI=1S/C22H33N5O/c1-2-17(3-1)23-9-6-22-24-20-5-4-19(16-21(20)25-22)27-12-10-26(11-13-27)18-7-14-28-15-8-18/h4-5,16-18,23H,1-3,6-15H2,(H,24,25). The number of piperazine rings is 1. The van der Waals surface area contributed by atoms with E-state index in [0.717, 1.165) is 75.8 Å². The maximum Gasteiger partial charge on any atom is 0.108 e. The summed E-state index contributed by atoms with van der Waals surface area (Å²) in [5, 5.41) is 3.63. The molecular weight excluding hydrogens is 350 g/mol. The van der Waals surface area contributed by atoms with Crippen LogP contribution in [0.4, 0.5) is 5.69 Å². The van der Waals surface area contributed by atoms with Gasteiger partial charge in [0.15, 0.2) is 0 Å². The van der Waals surface area contributed by atoms with E-state index in [1.54, 1.807) is 0 Å². The van der Waals surface area contributed by atoms with Crippen LogP contribution in [-0.2, 0) is 11.2 Å². The summed E-state index contributed by atoms with van der Waals surface area (Å²) >= 11 is 0. The number of benzene rings is 1. The highest BCUT2D eigenvalue weighted by Crippen LogP contribution is 2.24. The second-order valence-electron chi connectivity index (χ2n) is 8.58. The Balaban J connectivity index is 1.18. The summed E-state index contributed by atoms with van der Waals surface area (Å²) < 4.78 is 5.52. The maximum atomic E-state index is 5.52. The molecule has 3 aliphatic rings. The summed E-state index contributed by atoms with van der Waals surface area (Å²) in [5.41, 5.74) is 3.58. The minimum atomic E-state index is 0.724. The molecule has 2 saturated heterocycles. The Morgan fingerprint density at radius 3 is 2.64 bits per heavy atom. The van der Waals surface area contributed by atoms with Gasteiger partial charge in [-0.15, -0.1) is 0 Å². The topological polar surface area (TPSA) is 56.4 Å². The van der Waals surface area contributed by atoms with Crippen LogP contribution < -0.4 is 10.2 Å². The SMILES string of the molecule is c1cc2nc(CCNC3CCC3)[nH]c2cc1N1CCN(C2CCOCC2)CC1. The molecular formula is C22H33N5O. The third-order valence-electron chi connectivity index (χ3n) is 6.80. The molecule has 0 unspecified atom stereocenters. The van der Waals surface area contributed by atoms with E-state index in [1.165, 1.54) is 43.3 Å². The largest absolute Gasteiger partial charge is 0.381 e. The number of fused-ring (bicyclic) bond motifs is 1. The molecule has 28 heavy (non-hydrogen) atoms. The van der Waals surface area contributed by atoms with Gasteiger partial charge in [0.2, 0.25) is 0 Å². The molecule has 0 bridgehead atoms. The molecule has 0 radical (unpaired) electrons. The van der Waals surface area contributed by atoms with Crippen LogP contribution in [0.1, 0.15) is 37.9 Å². The quantitative estimate of drug-likeness (QED) is 0.803. The Kier molecular flexibility index (Phi) is 5.52. The molecule has 1 aromatic carbocycles. The average molecular weight is 384 g/mol. The van der Waals surface area contributed by atoms with Crippen LogP contribution in [0.3, 0.4) is 0 Å². The van der Waals surface area contributed by atoms with Crippen LogP contribution in [0.2, 0.25) is 0 Å². The lowest BCUT2D eigenvalue weighted by atomic mass is 9.93. The monoisotopic (exact) mass is 383 g/mol. The lowest BCUT2D eigenvalue weighted by Gasteiger charge is -2.41. The lowest BCUT2D eigenvalue weighted by Crippen LogP contribution is -2.51. The number of rotatable bonds is 6. The van der Waals surface area contributed by atoms with E-state index < -0.39 is 0 Å². The second kappa shape index (κ2) is 8.39. The molecule has 0 spiro atoms. The van der Waals surface area contributed by atoms with E-state index in [2.05, 4.69) is 38.3 Å². The molecule has 1 aromatic heterocycles. The van der Waals surface area contributed by atoms with Crippen molar-refractivity contribution in [2.45, 2.75) is 50.6 Å². The Morgan fingerprint density at radius 1 is 1.07 bits per heavy atom. The first-order valence-electron chi connectivity index (χ1n) is 11.1. The molecule has 0 amide bonds. The summed E-state index contributed by atoms with van der Waals surface area (Å²) in [5.74, 6) is 1.10. The first-order valence-corrected chi connectivity index (χ1v) is 11.1. The lowest BCUT2D eigenvalue weighted by molar-refractivity contribution is 0.0321. The van der Waals surface area contributed by atoms with E-state index >= 15 is 0 Å². The highest BCUT2D eigenvalue weighted by molar-refractivity contribution is 5.79. The van der Waals surface area contributed by atoms with Crippen LogP contribution in [0, 0.1) is 0 Å². The van der Waals surface area contributed by atoms with E-state index in [4.69, 9.17) is 9.72 Å². The van der Waals surface area contributed by atoms with Crippen LogP contribution >= 0.6 is 0 Å². The van der Waals surface area contributed by atoms with Crippen molar-refractivity contribution in [1.82, 2.24) is 20.2 Å². The van der Waals surface area contributed by atoms with Gasteiger partial charge in [-0.05, 0) is 43.9 Å². The number of nitrogens with zero attached hydrogens (tertiary/aromatic N) is 3. The van der Waals surface area contributed by atoms with Gasteiger partial charge < -0.3 is 19.9 Å². The molecule has 5 rings (SSSR count). The third kappa shape index (κ3) is 4.04. The normalized spacial score (nSPS) is 22.6. The molecule has 1 aliphatic carbocycles. The molecule has 2 aliphatic heterocycles. The summed E-state index contributed by atoms with van der Waals surface area (Å²) in [6.45, 7) is 7.41. The van der Waals surface area contributed by atoms with Gasteiger partial charge >= 0.3 is 0 Å². The number of hydrogen-bond acceptors (Lipinski definition) is 5. The van der Waals surface area contributed by atoms with Crippen LogP contribution in [0.15, 0.2) is 18.2 Å². The fourth-order valence-corrected chi connectivity index (χ4v) is 4.77. The van der Waals surface area contributed by atoms with Crippen molar-refractivity contribution in [3.05, 3.63) is 24.0 Å². The van der Waals surface area contributed by atoms with Gasteiger partial charge in [0.05, 0.1) is 11.0 Å². The highest BCUT2D eigenvalue weighted by atomic mass is 16.5. The Bertz CT molecular complexity index is 772. The van der Waals surface area contributed by atoms with E-state index in [1.807, 2.05) is 0 Å². The molecule has 2 N–H and O–H groups in total. The van der Waals surface area contributed by atoms with Gasteiger partial charge in [-0.2, -0.15) is 0 Å². The molecule has 0 atom stereocenters. The van der Waals surface area contributed by atoms with Gasteiger partial charge in [-0.1, -0.05) is 6.42 Å². The third-order valence-corrected chi connectivity index (χ3v) is 6.80. The fourth-order valence-electron chi connectivity index (χ4n) is 4.77. The minimum Gasteiger partial charge on any atom is -0.381 e. The van der Waals surface area contributed by atoms with Crippen LogP contribution in [0.25, 0.3) is 11.0 Å². The summed E-state index contributed by atoms with van der Waals surface area (Å²) in [4.78, 5) is 13.5. The zero-order valence-electron chi connectivity index (χ0n) is 16.8. The summed E-state index contributed by atoms with van der Waals surface area (Å²) in [6, 6.07) is 8.17. The van der Waals surface area contributed by atoms with Crippen molar-refractivity contribution in [3.63, 3.8) is 0 Å². The maximum absolute atomic E-state index is 5.52. The van der Waals surface area contributed by atoms with Crippen molar-refractivity contribution in [2.24, 2.45) is 0 Å². The Labute approximate surface area is 167 Å². The average Bonchev–Trinajstić information content (AvgIpc) is 3.12. The minimum absolute atomic E-state index is 0.724. The smallest absolute Gasteiger partial charge is 0.108 e. The number of aromatic nitrogens is 2. The van der Waals surface area contributed by atoms with E-state index in [9.17, 15) is 0 Å². The van der Waals surface area contributed by atoms with Gasteiger partial charge in [-0.25, -0.2) is 4.98 Å². The molecule has 3 heterocycles. The number of aromatic amines is 1. The Hall–Kier alpha value is -1.63. The van der Waals surface area contributed by atoms with Crippen molar-refractivity contribution in [2.75, 3.05) is 50.8 Å². The zero-order chi connectivity index (χ0) is 18.8. The van der Waals surface area contributed by atoms with Gasteiger partial charge in [0.25, 0.3) is 0 Å². The molecule has 6 nitrogen and oxygen atoms in total. The van der Waals surface area contributed by atoms with Crippen LogP contribution in [-0.4, -0.2) is 72.9 Å². The van der Waals surface area contributed by atoms with Crippen molar-refractivity contribution in [1.29, 1.82) is 0 Å². The van der Waals surface area contributed by atoms with Gasteiger partial charge in [0.1, 0.15) is 5.82 Å². The van der Waals surface area contributed by atoms with Crippen molar-refractivity contribution >= 4 is 16.7 Å². The predicted molar refractivity (Wildman–Crippen MR) is 113 cm³/mol. The molecule has 1 saturated carbocycles. The first kappa shape index (κ1) is 18.4. The summed E-state index contributed by atoms with van der Waals surface area (Å²) in [7, 11) is 0. The highest BCUT2D eigenvalue weighted by Gasteiger charge is 2.25. The first-order chi connectivity index (χ1) is 13.8. The van der Waals surface area contributed by atoms with Crippen LogP contribution in [0.5, 0.6) is 0 Å². The number of hydrogen-bond donors (Lipinski definition) is 2. The van der Waals surface area contributed by atoms with Crippen molar-refractivity contribution in [3.8, 4) is 0 Å². The fraction of sp³-hybridized carbons (Fsp3) is 0.682. The number of H-pyrrole nitrogens is 1. The second-order valence-corrected chi connectivity index (χ2v) is 8.58. The van der Waals surface area contributed by atoms with Gasteiger partial charge in [0, 0.05) is 70.1 Å². The van der Waals surface area contributed by atoms with Gasteiger partial charge in [-0.3, -0.25) is 4.90 Å². The predicted octanol–water partition coefficient (Wildman–Crippen LogP) is 2.55. The van der Waals surface area contributed by atoms with Crippen molar-refractivity contribution < 1.29 is 4.74 Å². The number of ether oxygens (including phenoxy) is 1. The molecule has 152 valence electrons.